The van der Waals surface area contributed by atoms with Crippen LogP contribution >= 0.6 is 0 Å². The van der Waals surface area contributed by atoms with E-state index in [1.165, 1.54) is 5.57 Å². The molecule has 0 spiro atoms. The molecule has 1 aromatic heterocycles. The van der Waals surface area contributed by atoms with Crippen molar-refractivity contribution in [3.63, 3.8) is 0 Å². The summed E-state index contributed by atoms with van der Waals surface area (Å²) in [6.07, 6.45) is 3.70. The van der Waals surface area contributed by atoms with Gasteiger partial charge < -0.3 is 9.84 Å². The molecular formula is C14H17NO3. The Balaban J connectivity index is 2.16. The highest BCUT2D eigenvalue weighted by molar-refractivity contribution is 5.68. The zero-order valence-electron chi connectivity index (χ0n) is 10.4. The fourth-order valence-corrected chi connectivity index (χ4v) is 2.44. The first-order valence-electron chi connectivity index (χ1n) is 5.98. The zero-order chi connectivity index (χ0) is 13.1. The molecule has 0 saturated heterocycles. The second-order valence-corrected chi connectivity index (χ2v) is 4.76. The minimum absolute atomic E-state index is 0.0198. The molecule has 0 amide bonds. The smallest absolute Gasteiger partial charge is 0.303 e. The van der Waals surface area contributed by atoms with E-state index in [1.807, 2.05) is 6.07 Å². The van der Waals surface area contributed by atoms with Gasteiger partial charge in [0.1, 0.15) is 0 Å². The number of nitrogens with zero attached hydrogens (tertiary/aromatic N) is 1. The Morgan fingerprint density at radius 2 is 2.33 bits per heavy atom. The number of methoxy groups -OCH3 is 1. The number of allylic oxidation sites excluding steroid dienone is 1. The number of pyridine rings is 1. The number of carboxylic acids is 1. The van der Waals surface area contributed by atoms with E-state index < -0.39 is 5.97 Å². The van der Waals surface area contributed by atoms with Crippen molar-refractivity contribution < 1.29 is 14.6 Å². The van der Waals surface area contributed by atoms with Gasteiger partial charge in [-0.2, -0.15) is 0 Å². The van der Waals surface area contributed by atoms with Gasteiger partial charge in [-0.1, -0.05) is 18.2 Å². The van der Waals surface area contributed by atoms with Crippen molar-refractivity contribution in [1.29, 1.82) is 0 Å². The molecule has 4 nitrogen and oxygen atoms in total. The van der Waals surface area contributed by atoms with Gasteiger partial charge in [0.15, 0.2) is 0 Å². The second-order valence-electron chi connectivity index (χ2n) is 4.76. The monoisotopic (exact) mass is 247 g/mol. The van der Waals surface area contributed by atoms with Crippen LogP contribution in [0.3, 0.4) is 0 Å². The van der Waals surface area contributed by atoms with Gasteiger partial charge in [0.2, 0.25) is 5.88 Å². The zero-order valence-corrected chi connectivity index (χ0v) is 10.4. The van der Waals surface area contributed by atoms with Gasteiger partial charge in [-0.15, -0.1) is 0 Å². The van der Waals surface area contributed by atoms with Crippen LogP contribution in [-0.2, 0) is 4.79 Å². The number of aliphatic carboxylic acids is 1. The van der Waals surface area contributed by atoms with Crippen LogP contribution in [-0.4, -0.2) is 23.2 Å². The molecule has 0 aromatic carbocycles. The van der Waals surface area contributed by atoms with E-state index >= 15 is 0 Å². The summed E-state index contributed by atoms with van der Waals surface area (Å²) >= 11 is 0. The number of rotatable bonds is 5. The van der Waals surface area contributed by atoms with Crippen LogP contribution in [0.25, 0.3) is 0 Å². The standard InChI is InChI=1S/C14H17NO3/c1-9-5-11(6-9)12(7-14(16)17)10-3-4-13(18-2)15-8-10/h3-4,8,11-12H,1,5-7H2,2H3,(H,16,17). The predicted octanol–water partition coefficient (Wildman–Crippen LogP) is 2.61. The molecule has 1 heterocycles. The lowest BCUT2D eigenvalue weighted by molar-refractivity contribution is -0.137. The van der Waals surface area contributed by atoms with Crippen LogP contribution in [0.5, 0.6) is 5.88 Å². The largest absolute Gasteiger partial charge is 0.481 e. The van der Waals surface area contributed by atoms with Crippen molar-refractivity contribution >= 4 is 5.97 Å². The molecule has 2 rings (SSSR count). The van der Waals surface area contributed by atoms with Crippen molar-refractivity contribution in [3.05, 3.63) is 36.0 Å². The van der Waals surface area contributed by atoms with Gasteiger partial charge in [-0.05, 0) is 30.2 Å². The Kier molecular flexibility index (Phi) is 3.65. The maximum Gasteiger partial charge on any atom is 0.303 e. The van der Waals surface area contributed by atoms with Gasteiger partial charge in [0, 0.05) is 12.3 Å². The Hall–Kier alpha value is -1.84. The molecule has 96 valence electrons. The first kappa shape index (κ1) is 12.6. The Morgan fingerprint density at radius 1 is 1.61 bits per heavy atom. The van der Waals surface area contributed by atoms with E-state index in [9.17, 15) is 4.79 Å². The summed E-state index contributed by atoms with van der Waals surface area (Å²) in [6, 6.07) is 3.68. The molecular weight excluding hydrogens is 230 g/mol. The molecule has 1 aromatic rings. The van der Waals surface area contributed by atoms with Crippen molar-refractivity contribution in [2.45, 2.75) is 25.2 Å². The van der Waals surface area contributed by atoms with Crippen molar-refractivity contribution in [1.82, 2.24) is 4.98 Å². The summed E-state index contributed by atoms with van der Waals surface area (Å²) in [4.78, 5) is 15.1. The summed E-state index contributed by atoms with van der Waals surface area (Å²) in [5.74, 6) is 0.175. The molecule has 0 radical (unpaired) electrons. The molecule has 18 heavy (non-hydrogen) atoms. The van der Waals surface area contributed by atoms with Gasteiger partial charge in [-0.3, -0.25) is 4.79 Å². The molecule has 1 unspecified atom stereocenters. The first-order chi connectivity index (χ1) is 8.60. The maximum atomic E-state index is 11.0. The van der Waals surface area contributed by atoms with Gasteiger partial charge >= 0.3 is 5.97 Å². The second kappa shape index (κ2) is 5.21. The quantitative estimate of drug-likeness (QED) is 0.812. The fourth-order valence-electron chi connectivity index (χ4n) is 2.44. The van der Waals surface area contributed by atoms with Gasteiger partial charge in [0.25, 0.3) is 0 Å². The average molecular weight is 247 g/mol. The lowest BCUT2D eigenvalue weighted by atomic mass is 9.69. The molecule has 1 fully saturated rings. The van der Waals surface area contributed by atoms with Crippen LogP contribution in [0.1, 0.15) is 30.7 Å². The molecule has 1 saturated carbocycles. The van der Waals surface area contributed by atoms with Crippen LogP contribution in [0.4, 0.5) is 0 Å². The number of carboxylic acid groups (broad SMARTS) is 1. The summed E-state index contributed by atoms with van der Waals surface area (Å²) in [5.41, 5.74) is 2.17. The average Bonchev–Trinajstić information content (AvgIpc) is 2.32. The number of aromatic nitrogens is 1. The third kappa shape index (κ3) is 2.70. The van der Waals surface area contributed by atoms with Gasteiger partial charge in [0.05, 0.1) is 13.5 Å². The summed E-state index contributed by atoms with van der Waals surface area (Å²) in [6.45, 7) is 3.91. The van der Waals surface area contributed by atoms with Crippen LogP contribution in [0.15, 0.2) is 30.5 Å². The topological polar surface area (TPSA) is 59.4 Å². The predicted molar refractivity (Wildman–Crippen MR) is 67.6 cm³/mol. The van der Waals surface area contributed by atoms with Crippen LogP contribution < -0.4 is 4.74 Å². The highest BCUT2D eigenvalue weighted by Gasteiger charge is 2.32. The Morgan fingerprint density at radius 3 is 2.78 bits per heavy atom. The lowest BCUT2D eigenvalue weighted by Crippen LogP contribution is -2.24. The molecule has 0 aliphatic heterocycles. The molecule has 1 aliphatic carbocycles. The third-order valence-corrected chi connectivity index (χ3v) is 3.46. The van der Waals surface area contributed by atoms with E-state index in [1.54, 1.807) is 19.4 Å². The van der Waals surface area contributed by atoms with Crippen molar-refractivity contribution in [3.8, 4) is 5.88 Å². The lowest BCUT2D eigenvalue weighted by Gasteiger charge is -2.35. The van der Waals surface area contributed by atoms with Gasteiger partial charge in [-0.25, -0.2) is 4.98 Å². The fraction of sp³-hybridized carbons (Fsp3) is 0.429. The SMILES string of the molecule is C=C1CC(C(CC(=O)O)c2ccc(OC)nc2)C1. The van der Waals surface area contributed by atoms with Crippen LogP contribution in [0.2, 0.25) is 0 Å². The van der Waals surface area contributed by atoms with Crippen molar-refractivity contribution in [2.75, 3.05) is 7.11 Å². The Bertz CT molecular complexity index is 445. The number of hydrogen-bond donors (Lipinski definition) is 1. The van der Waals surface area contributed by atoms with E-state index in [4.69, 9.17) is 9.84 Å². The minimum atomic E-state index is -0.770. The maximum absolute atomic E-state index is 11.0. The molecule has 1 N–H and O–H groups in total. The van der Waals surface area contributed by atoms with E-state index in [0.29, 0.717) is 11.8 Å². The molecule has 0 bridgehead atoms. The normalized spacial score (nSPS) is 17.1. The summed E-state index contributed by atoms with van der Waals surface area (Å²) in [5, 5.41) is 9.01. The van der Waals surface area contributed by atoms with E-state index in [0.717, 1.165) is 18.4 Å². The van der Waals surface area contributed by atoms with Crippen molar-refractivity contribution in [2.24, 2.45) is 5.92 Å². The van der Waals surface area contributed by atoms with Crippen LogP contribution in [0, 0.1) is 5.92 Å². The summed E-state index contributed by atoms with van der Waals surface area (Å²) in [7, 11) is 1.56. The highest BCUT2D eigenvalue weighted by Crippen LogP contribution is 2.43. The molecule has 1 atom stereocenters. The minimum Gasteiger partial charge on any atom is -0.481 e. The molecule has 4 heteroatoms. The highest BCUT2D eigenvalue weighted by atomic mass is 16.5. The summed E-state index contributed by atoms with van der Waals surface area (Å²) < 4.78 is 5.01. The van der Waals surface area contributed by atoms with E-state index in [2.05, 4.69) is 11.6 Å². The number of carbonyl (C=O) groups is 1. The number of ether oxygens (including phenoxy) is 1. The number of hydrogen-bond acceptors (Lipinski definition) is 3. The third-order valence-electron chi connectivity index (χ3n) is 3.46. The van der Waals surface area contributed by atoms with E-state index in [-0.39, 0.29) is 12.3 Å². The Labute approximate surface area is 106 Å². The first-order valence-corrected chi connectivity index (χ1v) is 5.98. The molecule has 1 aliphatic rings.